The smallest absolute Gasteiger partial charge is 0.363 e. The highest BCUT2D eigenvalue weighted by Gasteiger charge is 2.24. The minimum absolute atomic E-state index is 0.0396. The number of aryl methyl sites for hydroxylation is 1. The number of nitrogens with zero attached hydrogens (tertiary/aromatic N) is 1. The van der Waals surface area contributed by atoms with Crippen molar-refractivity contribution in [1.29, 1.82) is 0 Å². The molecular weight excluding hydrogens is 288 g/mol. The van der Waals surface area contributed by atoms with E-state index in [2.05, 4.69) is 4.99 Å². The first kappa shape index (κ1) is 14.1. The lowest BCUT2D eigenvalue weighted by Crippen LogP contribution is -2.06. The van der Waals surface area contributed by atoms with Crippen LogP contribution in [0.15, 0.2) is 53.2 Å². The molecule has 22 heavy (non-hydrogen) atoms. The van der Waals surface area contributed by atoms with Crippen LogP contribution in [0.3, 0.4) is 0 Å². The monoisotopic (exact) mass is 299 g/mol. The van der Waals surface area contributed by atoms with Gasteiger partial charge in [0.05, 0.1) is 0 Å². The van der Waals surface area contributed by atoms with E-state index in [1.165, 1.54) is 6.07 Å². The van der Waals surface area contributed by atoms with E-state index in [4.69, 9.17) is 4.74 Å². The van der Waals surface area contributed by atoms with Crippen LogP contribution in [-0.2, 0) is 9.53 Å². The van der Waals surface area contributed by atoms with Crippen LogP contribution in [0.25, 0.3) is 6.08 Å². The number of cyclic esters (lactones) is 1. The molecule has 2 aromatic carbocycles. The largest absolute Gasteiger partial charge is 0.402 e. The Bertz CT molecular complexity index is 808. The van der Waals surface area contributed by atoms with Gasteiger partial charge in [0.15, 0.2) is 17.3 Å². The first-order valence-corrected chi connectivity index (χ1v) is 6.57. The topological polar surface area (TPSA) is 38.7 Å². The van der Waals surface area contributed by atoms with E-state index in [9.17, 15) is 13.6 Å². The lowest BCUT2D eigenvalue weighted by Gasteiger charge is -1.99. The molecule has 0 unspecified atom stereocenters. The van der Waals surface area contributed by atoms with Crippen LogP contribution in [0.4, 0.5) is 8.78 Å². The molecule has 1 heterocycles. The lowest BCUT2D eigenvalue weighted by atomic mass is 10.1. The summed E-state index contributed by atoms with van der Waals surface area (Å²) in [6.07, 6.45) is 1.58. The molecule has 0 saturated heterocycles. The third-order valence-corrected chi connectivity index (χ3v) is 3.17. The van der Waals surface area contributed by atoms with Crippen LogP contribution in [0.5, 0.6) is 0 Å². The minimum Gasteiger partial charge on any atom is -0.402 e. The molecule has 0 amide bonds. The molecule has 0 spiro atoms. The van der Waals surface area contributed by atoms with Crippen LogP contribution in [-0.4, -0.2) is 11.9 Å². The Morgan fingerprint density at radius 3 is 2.45 bits per heavy atom. The Labute approximate surface area is 125 Å². The second-order valence-electron chi connectivity index (χ2n) is 4.88. The van der Waals surface area contributed by atoms with Gasteiger partial charge in [-0.3, -0.25) is 0 Å². The van der Waals surface area contributed by atoms with Crippen molar-refractivity contribution in [2.24, 2.45) is 4.99 Å². The van der Waals surface area contributed by atoms with Gasteiger partial charge in [0.1, 0.15) is 0 Å². The Morgan fingerprint density at radius 2 is 1.77 bits per heavy atom. The molecule has 1 aliphatic rings. The summed E-state index contributed by atoms with van der Waals surface area (Å²) >= 11 is 0. The molecule has 0 aromatic heterocycles. The van der Waals surface area contributed by atoms with E-state index in [0.29, 0.717) is 0 Å². The molecule has 0 bridgehead atoms. The van der Waals surface area contributed by atoms with Gasteiger partial charge in [0.25, 0.3) is 0 Å². The SMILES string of the molecule is Cc1ccc(/C=C2/N=C(c3ccc(F)c(F)c3)OC2=O)cc1. The maximum absolute atomic E-state index is 13.2. The molecule has 5 heteroatoms. The minimum atomic E-state index is -1.02. The number of halogens is 2. The summed E-state index contributed by atoms with van der Waals surface area (Å²) < 4.78 is 31.2. The molecule has 0 radical (unpaired) electrons. The molecule has 0 atom stereocenters. The predicted molar refractivity (Wildman–Crippen MR) is 78.1 cm³/mol. The molecule has 0 aliphatic carbocycles. The fourth-order valence-electron chi connectivity index (χ4n) is 1.98. The molecule has 0 N–H and O–H groups in total. The lowest BCUT2D eigenvalue weighted by molar-refractivity contribution is -0.129. The van der Waals surface area contributed by atoms with Crippen LogP contribution >= 0.6 is 0 Å². The van der Waals surface area contributed by atoms with Crippen LogP contribution < -0.4 is 0 Å². The highest BCUT2D eigenvalue weighted by molar-refractivity contribution is 6.12. The molecule has 110 valence electrons. The summed E-state index contributed by atoms with van der Waals surface area (Å²) in [5.74, 6) is -2.65. The van der Waals surface area contributed by atoms with E-state index >= 15 is 0 Å². The molecule has 1 aliphatic heterocycles. The van der Waals surface area contributed by atoms with E-state index in [1.54, 1.807) is 6.08 Å². The molecule has 3 rings (SSSR count). The second-order valence-corrected chi connectivity index (χ2v) is 4.88. The van der Waals surface area contributed by atoms with Crippen molar-refractivity contribution in [3.8, 4) is 0 Å². The number of ether oxygens (including phenoxy) is 1. The van der Waals surface area contributed by atoms with Crippen LogP contribution in [0, 0.1) is 18.6 Å². The molecule has 0 saturated carbocycles. The van der Waals surface area contributed by atoms with Gasteiger partial charge >= 0.3 is 5.97 Å². The maximum atomic E-state index is 13.2. The van der Waals surface area contributed by atoms with Crippen molar-refractivity contribution in [2.75, 3.05) is 0 Å². The third kappa shape index (κ3) is 2.79. The number of esters is 1. The van der Waals surface area contributed by atoms with E-state index in [-0.39, 0.29) is 17.2 Å². The van der Waals surface area contributed by atoms with Gasteiger partial charge in [-0.2, -0.15) is 0 Å². The fourth-order valence-corrected chi connectivity index (χ4v) is 1.98. The number of aliphatic imine (C=N–C) groups is 1. The number of carbonyl (C=O) groups is 1. The number of hydrogen-bond acceptors (Lipinski definition) is 3. The second kappa shape index (κ2) is 5.52. The zero-order valence-corrected chi connectivity index (χ0v) is 11.6. The normalized spacial score (nSPS) is 15.9. The van der Waals surface area contributed by atoms with Crippen LogP contribution in [0.1, 0.15) is 16.7 Å². The number of hydrogen-bond donors (Lipinski definition) is 0. The average Bonchev–Trinajstić information content (AvgIpc) is 2.85. The van der Waals surface area contributed by atoms with Crippen molar-refractivity contribution in [2.45, 2.75) is 6.92 Å². The first-order valence-electron chi connectivity index (χ1n) is 6.57. The zero-order chi connectivity index (χ0) is 15.7. The van der Waals surface area contributed by atoms with E-state index in [0.717, 1.165) is 23.3 Å². The van der Waals surface area contributed by atoms with Crippen LogP contribution in [0.2, 0.25) is 0 Å². The van der Waals surface area contributed by atoms with Crippen molar-refractivity contribution in [3.63, 3.8) is 0 Å². The molecular formula is C17H11F2NO2. The number of benzene rings is 2. The number of carbonyl (C=O) groups excluding carboxylic acids is 1. The van der Waals surface area contributed by atoms with Gasteiger partial charge in [0.2, 0.25) is 5.90 Å². The summed E-state index contributed by atoms with van der Waals surface area (Å²) in [5.41, 5.74) is 2.22. The average molecular weight is 299 g/mol. The summed E-state index contributed by atoms with van der Waals surface area (Å²) in [4.78, 5) is 15.9. The Hall–Kier alpha value is -2.82. The Kier molecular flexibility index (Phi) is 3.55. The molecule has 2 aromatic rings. The summed E-state index contributed by atoms with van der Waals surface area (Å²) in [7, 11) is 0. The van der Waals surface area contributed by atoms with Gasteiger partial charge in [-0.25, -0.2) is 18.6 Å². The molecule has 3 nitrogen and oxygen atoms in total. The van der Waals surface area contributed by atoms with Crippen molar-refractivity contribution in [1.82, 2.24) is 0 Å². The Balaban J connectivity index is 1.94. The fraction of sp³-hybridized carbons (Fsp3) is 0.0588. The summed E-state index contributed by atoms with van der Waals surface area (Å²) in [6, 6.07) is 10.7. The van der Waals surface area contributed by atoms with Gasteiger partial charge in [0, 0.05) is 5.56 Å². The summed E-state index contributed by atoms with van der Waals surface area (Å²) in [5, 5.41) is 0. The molecule has 0 fully saturated rings. The van der Waals surface area contributed by atoms with Crippen molar-refractivity contribution >= 4 is 17.9 Å². The van der Waals surface area contributed by atoms with Gasteiger partial charge in [-0.15, -0.1) is 0 Å². The zero-order valence-electron chi connectivity index (χ0n) is 11.6. The van der Waals surface area contributed by atoms with E-state index < -0.39 is 17.6 Å². The van der Waals surface area contributed by atoms with E-state index in [1.807, 2.05) is 31.2 Å². The van der Waals surface area contributed by atoms with Gasteiger partial charge in [-0.05, 0) is 36.8 Å². The van der Waals surface area contributed by atoms with Crippen molar-refractivity contribution < 1.29 is 18.3 Å². The van der Waals surface area contributed by atoms with Gasteiger partial charge < -0.3 is 4.74 Å². The highest BCUT2D eigenvalue weighted by atomic mass is 19.2. The maximum Gasteiger partial charge on any atom is 0.363 e. The Morgan fingerprint density at radius 1 is 1.05 bits per heavy atom. The third-order valence-electron chi connectivity index (χ3n) is 3.17. The standard InChI is InChI=1S/C17H11F2NO2/c1-10-2-4-11(5-3-10)8-15-17(21)22-16(20-15)12-6-7-13(18)14(19)9-12/h2-9H,1H3/b15-8+. The van der Waals surface area contributed by atoms with Gasteiger partial charge in [-0.1, -0.05) is 29.8 Å². The predicted octanol–water partition coefficient (Wildman–Crippen LogP) is 3.62. The first-order chi connectivity index (χ1) is 10.5. The number of rotatable bonds is 2. The van der Waals surface area contributed by atoms with Crippen molar-refractivity contribution in [3.05, 3.63) is 76.5 Å². The quantitative estimate of drug-likeness (QED) is 0.627. The summed E-state index contributed by atoms with van der Waals surface area (Å²) in [6.45, 7) is 1.96. The highest BCUT2D eigenvalue weighted by Crippen LogP contribution is 2.20.